The summed E-state index contributed by atoms with van der Waals surface area (Å²) in [6.45, 7) is 4.96. The molecule has 0 heterocycles. The third-order valence-corrected chi connectivity index (χ3v) is 19.7. The monoisotopic (exact) mass is 1280 g/mol. The summed E-state index contributed by atoms with van der Waals surface area (Å²) in [5, 5.41) is 23.3. The summed E-state index contributed by atoms with van der Waals surface area (Å²) < 4.78 is 5.51. The Morgan fingerprint density at radius 2 is 0.549 bits per heavy atom. The predicted molar refractivity (Wildman–Crippen MR) is 403 cm³/mol. The van der Waals surface area contributed by atoms with E-state index in [0.29, 0.717) is 19.4 Å². The van der Waals surface area contributed by atoms with Gasteiger partial charge < -0.3 is 20.3 Å². The number of aliphatic hydroxyl groups is 2. The molecule has 91 heavy (non-hydrogen) atoms. The fraction of sp³-hybridized carbons (Fsp3) is 0.906. The number of carbonyl (C=O) groups is 2. The van der Waals surface area contributed by atoms with Gasteiger partial charge in [0.1, 0.15) is 0 Å². The third-order valence-electron chi connectivity index (χ3n) is 19.7. The second-order valence-corrected chi connectivity index (χ2v) is 28.8. The molecule has 2 atom stereocenters. The van der Waals surface area contributed by atoms with Crippen molar-refractivity contribution in [3.05, 3.63) is 36.5 Å². The quantitative estimate of drug-likeness (QED) is 0.0320. The minimum absolute atomic E-state index is 0.0229. The molecule has 538 valence electrons. The summed E-state index contributed by atoms with van der Waals surface area (Å²) in [4.78, 5) is 24.7. The number of allylic oxidation sites excluding steroid dienone is 5. The number of nitrogens with one attached hydrogen (secondary N) is 1. The van der Waals surface area contributed by atoms with Crippen LogP contribution >= 0.6 is 0 Å². The summed E-state index contributed by atoms with van der Waals surface area (Å²) in [5.74, 6) is -0.0376. The van der Waals surface area contributed by atoms with Crippen molar-refractivity contribution in [2.24, 2.45) is 0 Å². The second kappa shape index (κ2) is 80.5. The van der Waals surface area contributed by atoms with Crippen molar-refractivity contribution in [1.29, 1.82) is 0 Å². The molecule has 0 aliphatic rings. The van der Waals surface area contributed by atoms with Gasteiger partial charge in [-0.05, 0) is 64.2 Å². The smallest absolute Gasteiger partial charge is 0.305 e. The number of amides is 1. The van der Waals surface area contributed by atoms with Gasteiger partial charge in [0.2, 0.25) is 5.91 Å². The lowest BCUT2D eigenvalue weighted by Crippen LogP contribution is -2.45. The molecule has 0 rings (SSSR count). The number of hydrogen-bond acceptors (Lipinski definition) is 5. The molecule has 0 radical (unpaired) electrons. The molecule has 6 heteroatoms. The molecule has 0 saturated carbocycles. The van der Waals surface area contributed by atoms with Crippen molar-refractivity contribution in [3.8, 4) is 0 Å². The largest absolute Gasteiger partial charge is 0.466 e. The molecule has 0 aliphatic carbocycles. The molecule has 0 saturated heterocycles. The zero-order valence-corrected chi connectivity index (χ0v) is 61.9. The van der Waals surface area contributed by atoms with Gasteiger partial charge in [0.15, 0.2) is 0 Å². The Bertz CT molecular complexity index is 1470. The minimum Gasteiger partial charge on any atom is -0.466 e. The molecule has 0 aliphatic heterocycles. The van der Waals surface area contributed by atoms with Gasteiger partial charge in [-0.15, -0.1) is 0 Å². The van der Waals surface area contributed by atoms with E-state index >= 15 is 0 Å². The van der Waals surface area contributed by atoms with Crippen molar-refractivity contribution >= 4 is 11.9 Å². The SMILES string of the molecule is CCCCCCCCCCCCCCCCCCCCC/C=C/C(O)C(CO)NC(=O)CCCCCCCCCCCCCCCCCCC/C=C\C/C=C\CCCCCCCCCCCCCCCOC(=O)CCCCCCCCCCCCCCCCCC. The third kappa shape index (κ3) is 77.0. The van der Waals surface area contributed by atoms with Crippen LogP contribution < -0.4 is 5.32 Å². The summed E-state index contributed by atoms with van der Waals surface area (Å²) in [6.07, 6.45) is 106. The molecular weight excluding hydrogens is 1110 g/mol. The highest BCUT2D eigenvalue weighted by Gasteiger charge is 2.18. The zero-order chi connectivity index (χ0) is 65.6. The van der Waals surface area contributed by atoms with Gasteiger partial charge >= 0.3 is 5.97 Å². The number of aliphatic hydroxyl groups excluding tert-OH is 2. The summed E-state index contributed by atoms with van der Waals surface area (Å²) >= 11 is 0. The van der Waals surface area contributed by atoms with Crippen LogP contribution in [-0.4, -0.2) is 47.4 Å². The number of carbonyl (C=O) groups excluding carboxylic acids is 2. The van der Waals surface area contributed by atoms with E-state index in [4.69, 9.17) is 4.74 Å². The average Bonchev–Trinajstić information content (AvgIpc) is 3.57. The van der Waals surface area contributed by atoms with Crippen molar-refractivity contribution < 1.29 is 24.5 Å². The Morgan fingerprint density at radius 1 is 0.308 bits per heavy atom. The standard InChI is InChI=1S/C85H163NO5/c1-3-5-7-9-11-13-15-17-19-21-22-40-43-46-49-53-57-61-65-69-73-77-83(88)82(81-87)86-84(89)78-74-70-66-62-58-54-50-47-44-41-38-36-34-32-30-28-26-24-23-25-27-29-31-33-35-37-39-42-45-48-52-56-60-64-68-72-76-80-91-85(90)79-75-71-67-63-59-55-51-20-18-16-14-12-10-8-6-4-2/h23,25,29,31,73,77,82-83,87-88H,3-22,24,26-28,30,32-72,74-76,78-81H2,1-2H3,(H,86,89)/b25-23-,31-29-,77-73+. The van der Waals surface area contributed by atoms with Crippen molar-refractivity contribution in [2.45, 2.75) is 482 Å². The number of esters is 1. The minimum atomic E-state index is -0.844. The Hall–Kier alpha value is -1.92. The molecule has 0 aromatic carbocycles. The Balaban J connectivity index is 3.37. The molecule has 2 unspecified atom stereocenters. The van der Waals surface area contributed by atoms with Crippen LogP contribution in [0.4, 0.5) is 0 Å². The van der Waals surface area contributed by atoms with Gasteiger partial charge in [0.05, 0.1) is 25.4 Å². The Kier molecular flexibility index (Phi) is 78.8. The van der Waals surface area contributed by atoms with Crippen molar-refractivity contribution in [2.75, 3.05) is 13.2 Å². The van der Waals surface area contributed by atoms with Crippen LogP contribution in [0, 0.1) is 0 Å². The van der Waals surface area contributed by atoms with Gasteiger partial charge in [-0.25, -0.2) is 0 Å². The van der Waals surface area contributed by atoms with Gasteiger partial charge in [-0.1, -0.05) is 429 Å². The maximum Gasteiger partial charge on any atom is 0.305 e. The number of rotatable bonds is 79. The Labute approximate surface area is 570 Å². The number of unbranched alkanes of at least 4 members (excludes halogenated alkanes) is 64. The first-order valence-corrected chi connectivity index (χ1v) is 41.8. The molecular formula is C85H163NO5. The van der Waals surface area contributed by atoms with E-state index < -0.39 is 12.1 Å². The lowest BCUT2D eigenvalue weighted by atomic mass is 10.0. The highest BCUT2D eigenvalue weighted by Crippen LogP contribution is 2.20. The first kappa shape index (κ1) is 89.1. The molecule has 0 aromatic heterocycles. The van der Waals surface area contributed by atoms with Crippen LogP contribution in [0.5, 0.6) is 0 Å². The first-order valence-electron chi connectivity index (χ1n) is 41.8. The average molecular weight is 1280 g/mol. The van der Waals surface area contributed by atoms with Crippen molar-refractivity contribution in [1.82, 2.24) is 5.32 Å². The van der Waals surface area contributed by atoms with E-state index in [1.54, 1.807) is 6.08 Å². The molecule has 6 nitrogen and oxygen atoms in total. The van der Waals surface area contributed by atoms with E-state index in [9.17, 15) is 19.8 Å². The van der Waals surface area contributed by atoms with Crippen LogP contribution in [0.3, 0.4) is 0 Å². The molecule has 3 N–H and O–H groups in total. The maximum absolute atomic E-state index is 12.5. The summed E-state index contributed by atoms with van der Waals surface area (Å²) in [7, 11) is 0. The van der Waals surface area contributed by atoms with Gasteiger partial charge in [-0.2, -0.15) is 0 Å². The van der Waals surface area contributed by atoms with E-state index in [0.717, 1.165) is 44.9 Å². The summed E-state index contributed by atoms with van der Waals surface area (Å²) in [6, 6.07) is -0.627. The fourth-order valence-corrected chi connectivity index (χ4v) is 13.3. The van der Waals surface area contributed by atoms with Gasteiger partial charge in [0.25, 0.3) is 0 Å². The van der Waals surface area contributed by atoms with Crippen LogP contribution in [0.25, 0.3) is 0 Å². The lowest BCUT2D eigenvalue weighted by molar-refractivity contribution is -0.143. The lowest BCUT2D eigenvalue weighted by Gasteiger charge is -2.20. The topological polar surface area (TPSA) is 95.9 Å². The zero-order valence-electron chi connectivity index (χ0n) is 61.9. The molecule has 1 amide bonds. The summed E-state index contributed by atoms with van der Waals surface area (Å²) in [5.41, 5.74) is 0. The maximum atomic E-state index is 12.5. The molecule has 0 fully saturated rings. The van der Waals surface area contributed by atoms with Crippen LogP contribution in [0.15, 0.2) is 36.5 Å². The second-order valence-electron chi connectivity index (χ2n) is 28.8. The highest BCUT2D eigenvalue weighted by molar-refractivity contribution is 5.76. The fourth-order valence-electron chi connectivity index (χ4n) is 13.3. The van der Waals surface area contributed by atoms with Crippen LogP contribution in [0.2, 0.25) is 0 Å². The molecule has 0 spiro atoms. The van der Waals surface area contributed by atoms with E-state index in [-0.39, 0.29) is 18.5 Å². The molecule has 0 aromatic rings. The first-order chi connectivity index (χ1) is 45.0. The van der Waals surface area contributed by atoms with Gasteiger partial charge in [-0.3, -0.25) is 9.59 Å². The Morgan fingerprint density at radius 3 is 0.835 bits per heavy atom. The normalized spacial score (nSPS) is 12.6. The van der Waals surface area contributed by atoms with E-state index in [1.807, 2.05) is 6.08 Å². The van der Waals surface area contributed by atoms with Crippen molar-refractivity contribution in [3.63, 3.8) is 0 Å². The van der Waals surface area contributed by atoms with E-state index in [2.05, 4.69) is 43.5 Å². The van der Waals surface area contributed by atoms with Crippen LogP contribution in [0.1, 0.15) is 470 Å². The predicted octanol–water partition coefficient (Wildman–Crippen LogP) is 27.8. The molecule has 0 bridgehead atoms. The van der Waals surface area contributed by atoms with E-state index in [1.165, 1.54) is 398 Å². The van der Waals surface area contributed by atoms with Gasteiger partial charge in [0, 0.05) is 12.8 Å². The number of hydrogen-bond donors (Lipinski definition) is 3. The highest BCUT2D eigenvalue weighted by atomic mass is 16.5. The van der Waals surface area contributed by atoms with Crippen LogP contribution in [-0.2, 0) is 14.3 Å². The number of ether oxygens (including phenoxy) is 1.